The van der Waals surface area contributed by atoms with Crippen molar-refractivity contribution in [2.24, 2.45) is 0 Å². The molecular weight excluding hydrogens is 498 g/mol. The highest BCUT2D eigenvalue weighted by atomic mass is 33.1. The third-order valence-corrected chi connectivity index (χ3v) is 7.65. The zero-order chi connectivity index (χ0) is 24.5. The van der Waals surface area contributed by atoms with Crippen molar-refractivity contribution in [2.75, 3.05) is 32.9 Å². The zero-order valence-electron chi connectivity index (χ0n) is 18.7. The number of ether oxygens (including phenoxy) is 6. The van der Waals surface area contributed by atoms with Crippen molar-refractivity contribution in [3.63, 3.8) is 0 Å². The Bertz CT molecular complexity index is 745. The molecule has 2 aliphatic rings. The van der Waals surface area contributed by atoms with Crippen molar-refractivity contribution >= 4 is 62.0 Å². The predicted octanol–water partition coefficient (Wildman–Crippen LogP) is 1.07. The van der Waals surface area contributed by atoms with E-state index >= 15 is 0 Å². The second-order valence-electron chi connectivity index (χ2n) is 7.11. The van der Waals surface area contributed by atoms with Gasteiger partial charge in [0.15, 0.2) is 23.7 Å². The van der Waals surface area contributed by atoms with E-state index < -0.39 is 53.7 Å². The Morgan fingerprint density at radius 1 is 0.879 bits per heavy atom. The first-order valence-electron chi connectivity index (χ1n) is 10.1. The third kappa shape index (κ3) is 8.92. The lowest BCUT2D eigenvalue weighted by molar-refractivity contribution is -0.237. The van der Waals surface area contributed by atoms with Crippen molar-refractivity contribution < 1.29 is 47.6 Å². The summed E-state index contributed by atoms with van der Waals surface area (Å²) in [6.45, 7) is 6.91. The molecule has 5 atom stereocenters. The first-order valence-corrected chi connectivity index (χ1v) is 12.7. The highest BCUT2D eigenvalue weighted by Gasteiger charge is 2.52. The van der Waals surface area contributed by atoms with Gasteiger partial charge in [0.2, 0.25) is 0 Å². The number of hydrogen-bond donors (Lipinski definition) is 0. The van der Waals surface area contributed by atoms with Crippen LogP contribution < -0.4 is 0 Å². The van der Waals surface area contributed by atoms with Crippen LogP contribution >= 0.6 is 33.8 Å². The summed E-state index contributed by atoms with van der Waals surface area (Å²) < 4.78 is 33.2. The molecule has 0 bridgehead atoms. The van der Waals surface area contributed by atoms with Crippen molar-refractivity contribution in [1.82, 2.24) is 4.90 Å². The first kappa shape index (κ1) is 27.6. The Hall–Kier alpha value is -1.61. The van der Waals surface area contributed by atoms with E-state index in [1.54, 1.807) is 0 Å². The van der Waals surface area contributed by atoms with Crippen molar-refractivity contribution in [3.8, 4) is 0 Å². The van der Waals surface area contributed by atoms with Crippen LogP contribution in [0.1, 0.15) is 27.7 Å². The first-order chi connectivity index (χ1) is 15.6. The molecule has 0 spiro atoms. The second kappa shape index (κ2) is 13.3. The summed E-state index contributed by atoms with van der Waals surface area (Å²) in [5, 5.41) is 0. The van der Waals surface area contributed by atoms with E-state index in [4.69, 9.17) is 40.6 Å². The molecule has 0 radical (unpaired) electrons. The second-order valence-corrected chi connectivity index (χ2v) is 10.0. The van der Waals surface area contributed by atoms with E-state index in [1.165, 1.54) is 38.5 Å². The molecule has 0 aromatic rings. The van der Waals surface area contributed by atoms with Gasteiger partial charge in [-0.1, -0.05) is 23.0 Å². The number of morpholine rings is 1. The Morgan fingerprint density at radius 2 is 1.42 bits per heavy atom. The van der Waals surface area contributed by atoms with Crippen molar-refractivity contribution in [1.29, 1.82) is 0 Å². The van der Waals surface area contributed by atoms with Crippen LogP contribution in [-0.2, 0) is 47.6 Å². The molecule has 186 valence electrons. The van der Waals surface area contributed by atoms with E-state index in [-0.39, 0.29) is 6.61 Å². The van der Waals surface area contributed by atoms with Crippen LogP contribution in [0.5, 0.6) is 0 Å². The molecule has 0 aromatic heterocycles. The normalized spacial score (nSPS) is 27.3. The summed E-state index contributed by atoms with van der Waals surface area (Å²) in [6.07, 6.45) is -4.47. The Kier molecular flexibility index (Phi) is 11.2. The number of nitrogens with zero attached hydrogens (tertiary/aromatic N) is 1. The summed E-state index contributed by atoms with van der Waals surface area (Å²) in [5.41, 5.74) is -0.880. The molecule has 2 saturated heterocycles. The average molecular weight is 526 g/mol. The number of carbonyl (C=O) groups is 4. The number of rotatable bonds is 7. The number of esters is 4. The van der Waals surface area contributed by atoms with Gasteiger partial charge in [0.25, 0.3) is 0 Å². The molecule has 0 N–H and O–H groups in total. The molecule has 2 heterocycles. The van der Waals surface area contributed by atoms with E-state index in [1.807, 2.05) is 4.90 Å². The molecule has 0 aromatic carbocycles. The molecule has 14 heteroatoms. The van der Waals surface area contributed by atoms with Crippen LogP contribution in [0.15, 0.2) is 0 Å². The molecule has 0 saturated carbocycles. The van der Waals surface area contributed by atoms with Crippen LogP contribution in [0.4, 0.5) is 0 Å². The van der Waals surface area contributed by atoms with Crippen LogP contribution in [0.3, 0.4) is 0 Å². The molecular formula is C19H27NO10S3. The van der Waals surface area contributed by atoms with Crippen LogP contribution in [0.25, 0.3) is 0 Å². The lowest BCUT2D eigenvalue weighted by Crippen LogP contribution is -2.61. The van der Waals surface area contributed by atoms with Crippen LogP contribution in [-0.4, -0.2) is 95.9 Å². The molecule has 2 fully saturated rings. The molecule has 11 nitrogen and oxygen atoms in total. The quantitative estimate of drug-likeness (QED) is 0.203. The molecule has 2 aliphatic heterocycles. The van der Waals surface area contributed by atoms with Crippen LogP contribution in [0, 0.1) is 0 Å². The van der Waals surface area contributed by atoms with Gasteiger partial charge in [-0.3, -0.25) is 19.2 Å². The lowest BCUT2D eigenvalue weighted by atomic mass is 9.99. The highest BCUT2D eigenvalue weighted by Crippen LogP contribution is 2.40. The standard InChI is InChI=1S/C19H27NO10S3/c1-10(21)26-9-14-15(27-11(2)22)16(28-12(3)23)17(29-13(4)24)18(30-14)32-33-19(31)20-5-7-25-8-6-20/h14-18H,5-9H2,1-4H3/t14?,15-,16?,17?,18-/m0/s1. The van der Waals surface area contributed by atoms with Gasteiger partial charge in [0.05, 0.1) is 13.2 Å². The largest absolute Gasteiger partial charge is 0.463 e. The fraction of sp³-hybridized carbons (Fsp3) is 0.737. The molecule has 2 rings (SSSR count). The number of carbonyl (C=O) groups excluding carboxylic acids is 4. The predicted molar refractivity (Wildman–Crippen MR) is 122 cm³/mol. The molecule has 0 amide bonds. The Balaban J connectivity index is 2.27. The Morgan fingerprint density at radius 3 is 1.97 bits per heavy atom. The van der Waals surface area contributed by atoms with Crippen molar-refractivity contribution in [3.05, 3.63) is 0 Å². The molecule has 3 unspecified atom stereocenters. The fourth-order valence-corrected chi connectivity index (χ4v) is 5.97. The van der Waals surface area contributed by atoms with Gasteiger partial charge in [-0.25, -0.2) is 0 Å². The minimum Gasteiger partial charge on any atom is -0.463 e. The average Bonchev–Trinajstić information content (AvgIpc) is 2.73. The maximum Gasteiger partial charge on any atom is 0.303 e. The summed E-state index contributed by atoms with van der Waals surface area (Å²) in [7, 11) is 2.39. The van der Waals surface area contributed by atoms with Crippen LogP contribution in [0.2, 0.25) is 0 Å². The van der Waals surface area contributed by atoms with E-state index in [0.717, 1.165) is 10.8 Å². The van der Waals surface area contributed by atoms with Gasteiger partial charge >= 0.3 is 23.9 Å². The number of thiocarbonyl (C=S) groups is 1. The lowest BCUT2D eigenvalue weighted by Gasteiger charge is -2.44. The van der Waals surface area contributed by atoms with Gasteiger partial charge in [0.1, 0.15) is 17.0 Å². The number of hydrogen-bond acceptors (Lipinski definition) is 13. The van der Waals surface area contributed by atoms with Gasteiger partial charge < -0.3 is 33.3 Å². The van der Waals surface area contributed by atoms with Gasteiger partial charge in [0, 0.05) is 40.8 Å². The van der Waals surface area contributed by atoms with Gasteiger partial charge in [-0.05, 0) is 10.8 Å². The minimum atomic E-state index is -1.19. The van der Waals surface area contributed by atoms with Crippen molar-refractivity contribution in [2.45, 2.75) is 57.5 Å². The van der Waals surface area contributed by atoms with E-state index in [9.17, 15) is 19.2 Å². The summed E-state index contributed by atoms with van der Waals surface area (Å²) in [5.74, 6) is -2.57. The SMILES string of the molecule is CC(=O)OCC1O[C@@H](SSC(=S)N2CCOCC2)C(OC(C)=O)C(OC(C)=O)[C@H]1OC(C)=O. The maximum atomic E-state index is 11.8. The van der Waals surface area contributed by atoms with E-state index in [0.29, 0.717) is 30.6 Å². The summed E-state index contributed by atoms with van der Waals surface area (Å²) >= 11 is 5.49. The van der Waals surface area contributed by atoms with E-state index in [2.05, 4.69) is 0 Å². The summed E-state index contributed by atoms with van der Waals surface area (Å²) in [6, 6.07) is 0. The third-order valence-electron chi connectivity index (χ3n) is 4.43. The smallest absolute Gasteiger partial charge is 0.303 e. The fourth-order valence-electron chi connectivity index (χ4n) is 3.15. The molecule has 33 heavy (non-hydrogen) atoms. The van der Waals surface area contributed by atoms with Gasteiger partial charge in [-0.15, -0.1) is 0 Å². The minimum absolute atomic E-state index is 0.270. The maximum absolute atomic E-state index is 11.8. The van der Waals surface area contributed by atoms with Gasteiger partial charge in [-0.2, -0.15) is 0 Å². The topological polar surface area (TPSA) is 127 Å². The zero-order valence-corrected chi connectivity index (χ0v) is 21.1. The highest BCUT2D eigenvalue weighted by molar-refractivity contribution is 8.83. The Labute approximate surface area is 204 Å². The summed E-state index contributed by atoms with van der Waals surface area (Å²) in [4.78, 5) is 48.8. The monoisotopic (exact) mass is 525 g/mol. The molecule has 0 aliphatic carbocycles.